The van der Waals surface area contributed by atoms with Crippen LogP contribution in [-0.4, -0.2) is 47.6 Å². The molecule has 2 unspecified atom stereocenters. The van der Waals surface area contributed by atoms with Crippen LogP contribution in [0.25, 0.3) is 10.9 Å². The smallest absolute Gasteiger partial charge is 0.322 e. The number of aromatic nitrogens is 1. The molecule has 0 radical (unpaired) electrons. The van der Waals surface area contributed by atoms with E-state index >= 15 is 0 Å². The van der Waals surface area contributed by atoms with Gasteiger partial charge in [-0.3, -0.25) is 14.9 Å². The normalized spacial score (nSPS) is 23.3. The second kappa shape index (κ2) is 8.44. The van der Waals surface area contributed by atoms with Crippen molar-refractivity contribution in [3.63, 3.8) is 0 Å². The fourth-order valence-corrected chi connectivity index (χ4v) is 5.17. The monoisotopic (exact) mass is 472 g/mol. The molecule has 35 heavy (non-hydrogen) atoms. The average molecular weight is 473 g/mol. The van der Waals surface area contributed by atoms with E-state index in [1.165, 1.54) is 5.56 Å². The van der Waals surface area contributed by atoms with Gasteiger partial charge < -0.3 is 20.1 Å². The summed E-state index contributed by atoms with van der Waals surface area (Å²) in [4.78, 5) is 42.0. The Morgan fingerprint density at radius 2 is 1.91 bits per heavy atom. The molecule has 1 aromatic heterocycles. The lowest BCUT2D eigenvalue weighted by Gasteiger charge is -2.38. The maximum absolute atomic E-state index is 13.0. The molecule has 1 spiro atoms. The van der Waals surface area contributed by atoms with Crippen LogP contribution >= 0.6 is 0 Å². The van der Waals surface area contributed by atoms with Crippen LogP contribution in [0.5, 0.6) is 0 Å². The van der Waals surface area contributed by atoms with Gasteiger partial charge in [0.2, 0.25) is 0 Å². The zero-order chi connectivity index (χ0) is 24.0. The zero-order valence-electron chi connectivity index (χ0n) is 18.9. The molecule has 2 atom stereocenters. The Kier molecular flexibility index (Phi) is 5.23. The average Bonchev–Trinajstić information content (AvgIpc) is 3.44. The van der Waals surface area contributed by atoms with Gasteiger partial charge in [-0.05, 0) is 42.2 Å². The largest absolute Gasteiger partial charge is 0.378 e. The van der Waals surface area contributed by atoms with Crippen molar-refractivity contribution in [3.8, 4) is 0 Å². The zero-order valence-corrected chi connectivity index (χ0v) is 18.9. The maximum Gasteiger partial charge on any atom is 0.322 e. The summed E-state index contributed by atoms with van der Waals surface area (Å²) in [6.07, 6.45) is 1.12. The summed E-state index contributed by atoms with van der Waals surface area (Å²) in [5.41, 5.74) is 4.56. The van der Waals surface area contributed by atoms with E-state index in [9.17, 15) is 14.4 Å². The molecule has 3 aromatic rings. The van der Waals surface area contributed by atoms with Gasteiger partial charge in [0.1, 0.15) is 0 Å². The number of ether oxygens (including phenoxy) is 2. The number of amides is 4. The molecule has 0 saturated carbocycles. The highest BCUT2D eigenvalue weighted by atomic mass is 16.5. The van der Waals surface area contributed by atoms with E-state index in [0.717, 1.165) is 27.7 Å². The van der Waals surface area contributed by atoms with Gasteiger partial charge in [0.15, 0.2) is 5.54 Å². The van der Waals surface area contributed by atoms with E-state index in [1.807, 2.05) is 30.3 Å². The summed E-state index contributed by atoms with van der Waals surface area (Å²) >= 11 is 0. The first-order valence-electron chi connectivity index (χ1n) is 11.6. The molecule has 2 fully saturated rings. The summed E-state index contributed by atoms with van der Waals surface area (Å²) in [7, 11) is 0. The lowest BCUT2D eigenvalue weighted by Crippen LogP contribution is -2.67. The van der Waals surface area contributed by atoms with Gasteiger partial charge in [-0.15, -0.1) is 0 Å². The molecule has 2 aromatic carbocycles. The van der Waals surface area contributed by atoms with Gasteiger partial charge in [0, 0.05) is 23.1 Å². The van der Waals surface area contributed by atoms with Crippen molar-refractivity contribution < 1.29 is 23.9 Å². The second-order valence-corrected chi connectivity index (χ2v) is 9.15. The number of urea groups is 1. The van der Waals surface area contributed by atoms with Crippen molar-refractivity contribution >= 4 is 28.7 Å². The topological polar surface area (TPSA) is 119 Å². The van der Waals surface area contributed by atoms with Gasteiger partial charge >= 0.3 is 6.03 Å². The quantitative estimate of drug-likeness (QED) is 0.500. The molecule has 3 aliphatic heterocycles. The Balaban J connectivity index is 1.22. The van der Waals surface area contributed by atoms with Crippen LogP contribution in [0, 0.1) is 0 Å². The molecular formula is C26H24N4O5. The van der Waals surface area contributed by atoms with Crippen molar-refractivity contribution in [2.75, 3.05) is 13.2 Å². The van der Waals surface area contributed by atoms with Crippen molar-refractivity contribution in [3.05, 3.63) is 76.5 Å². The first kappa shape index (κ1) is 21.7. The number of hydrogen-bond acceptors (Lipinski definition) is 6. The van der Waals surface area contributed by atoms with Crippen LogP contribution in [0.4, 0.5) is 4.79 Å². The molecule has 3 aliphatic rings. The molecule has 3 N–H and O–H groups in total. The number of carbonyl (C=O) groups is 3. The van der Waals surface area contributed by atoms with Gasteiger partial charge in [-0.2, -0.15) is 0 Å². The van der Waals surface area contributed by atoms with E-state index in [0.29, 0.717) is 38.2 Å². The molecule has 4 heterocycles. The number of nitrogens with zero attached hydrogens (tertiary/aromatic N) is 1. The van der Waals surface area contributed by atoms with E-state index in [2.05, 4.69) is 22.0 Å². The minimum absolute atomic E-state index is 0.0163. The lowest BCUT2D eigenvalue weighted by atomic mass is 9.86. The number of carbonyl (C=O) groups excluding carboxylic acids is 3. The molecule has 0 aliphatic carbocycles. The van der Waals surface area contributed by atoms with Crippen LogP contribution in [-0.2, 0) is 33.9 Å². The van der Waals surface area contributed by atoms with Crippen LogP contribution in [0.2, 0.25) is 0 Å². The van der Waals surface area contributed by atoms with E-state index in [1.54, 1.807) is 12.1 Å². The molecule has 6 rings (SSSR count). The van der Waals surface area contributed by atoms with Crippen LogP contribution in [0.3, 0.4) is 0 Å². The predicted octanol–water partition coefficient (Wildman–Crippen LogP) is 1.95. The number of hydrogen-bond donors (Lipinski definition) is 3. The highest BCUT2D eigenvalue weighted by Crippen LogP contribution is 2.31. The van der Waals surface area contributed by atoms with Crippen LogP contribution in [0.15, 0.2) is 48.5 Å². The third kappa shape index (κ3) is 3.73. The summed E-state index contributed by atoms with van der Waals surface area (Å²) in [6, 6.07) is 14.4. The van der Waals surface area contributed by atoms with E-state index < -0.39 is 23.5 Å². The highest BCUT2D eigenvalue weighted by molar-refractivity contribution is 6.08. The lowest BCUT2D eigenvalue weighted by molar-refractivity contribution is -0.130. The van der Waals surface area contributed by atoms with Gasteiger partial charge in [-0.1, -0.05) is 30.3 Å². The van der Waals surface area contributed by atoms with Crippen LogP contribution < -0.4 is 16.0 Å². The fourth-order valence-electron chi connectivity index (χ4n) is 5.17. The molecule has 9 heteroatoms. The third-order valence-electron chi connectivity index (χ3n) is 7.03. The second-order valence-electron chi connectivity index (χ2n) is 9.15. The summed E-state index contributed by atoms with van der Waals surface area (Å²) < 4.78 is 11.1. The molecule has 9 nitrogen and oxygen atoms in total. The van der Waals surface area contributed by atoms with Crippen molar-refractivity contribution in [1.82, 2.24) is 20.9 Å². The number of fused-ring (bicyclic) bond motifs is 2. The van der Waals surface area contributed by atoms with Crippen molar-refractivity contribution in [2.45, 2.75) is 37.6 Å². The number of nitrogens with one attached hydrogen (secondary N) is 3. The van der Waals surface area contributed by atoms with E-state index in [4.69, 9.17) is 14.5 Å². The standard InChI is InChI=1S/C26H24N4O5/c31-23(28-22-9-10-34-14-26(22)24(32)29-25(33)30-26)16-7-5-15(6-8-16)11-18-17-3-1-2-4-20(17)27-21-13-35-12-19(18)21/h1-8,22H,9-14H2,(H,28,31)(H2,29,30,32,33). The molecule has 0 bridgehead atoms. The number of benzene rings is 2. The summed E-state index contributed by atoms with van der Waals surface area (Å²) in [5, 5.41) is 8.93. The summed E-state index contributed by atoms with van der Waals surface area (Å²) in [6.45, 7) is 1.49. The Hall–Kier alpha value is -3.82. The minimum atomic E-state index is -1.28. The maximum atomic E-state index is 13.0. The fraction of sp³-hybridized carbons (Fsp3) is 0.308. The molecule has 2 saturated heterocycles. The minimum Gasteiger partial charge on any atom is -0.378 e. The summed E-state index contributed by atoms with van der Waals surface area (Å²) in [5.74, 6) is -0.788. The van der Waals surface area contributed by atoms with Crippen molar-refractivity contribution in [1.29, 1.82) is 0 Å². The first-order valence-corrected chi connectivity index (χ1v) is 11.6. The Bertz CT molecular complexity index is 1360. The van der Waals surface area contributed by atoms with E-state index in [-0.39, 0.29) is 12.5 Å². The van der Waals surface area contributed by atoms with Gasteiger partial charge in [0.05, 0.1) is 37.1 Å². The number of rotatable bonds is 4. The Morgan fingerprint density at radius 3 is 2.71 bits per heavy atom. The number of imide groups is 1. The number of pyridine rings is 1. The highest BCUT2D eigenvalue weighted by Gasteiger charge is 2.54. The SMILES string of the molecule is O=C1NC(=O)C2(COCCC2NC(=O)c2ccc(Cc3c4c(nc5ccccc35)COC4)cc2)N1. The Morgan fingerprint density at radius 1 is 1.09 bits per heavy atom. The Labute approximate surface area is 201 Å². The first-order chi connectivity index (χ1) is 17.0. The third-order valence-corrected chi connectivity index (χ3v) is 7.03. The molecule has 4 amide bonds. The molecular weight excluding hydrogens is 448 g/mol. The number of para-hydroxylation sites is 1. The van der Waals surface area contributed by atoms with Crippen LogP contribution in [0.1, 0.15) is 39.2 Å². The van der Waals surface area contributed by atoms with Gasteiger partial charge in [-0.25, -0.2) is 9.78 Å². The van der Waals surface area contributed by atoms with Crippen molar-refractivity contribution in [2.24, 2.45) is 0 Å². The predicted molar refractivity (Wildman–Crippen MR) is 126 cm³/mol. The van der Waals surface area contributed by atoms with Gasteiger partial charge in [0.25, 0.3) is 11.8 Å². The molecule has 178 valence electrons.